The zero-order valence-corrected chi connectivity index (χ0v) is 24.7. The van der Waals surface area contributed by atoms with Gasteiger partial charge in [-0.05, 0) is 84.4 Å². The maximum atomic E-state index is 13.8. The Morgan fingerprint density at radius 3 is 2.00 bits per heavy atom. The third-order valence-corrected chi connectivity index (χ3v) is 7.46. The van der Waals surface area contributed by atoms with Crippen molar-refractivity contribution in [3.8, 4) is 11.1 Å². The van der Waals surface area contributed by atoms with Gasteiger partial charge in [0.15, 0.2) is 0 Å². The molecule has 1 heterocycles. The molecule has 0 aromatic heterocycles. The Bertz CT molecular complexity index is 1110. The van der Waals surface area contributed by atoms with Gasteiger partial charge in [0.1, 0.15) is 6.04 Å². The second-order valence-electron chi connectivity index (χ2n) is 11.5. The number of carboxylic acid groups (broad SMARTS) is 1. The van der Waals surface area contributed by atoms with Crippen molar-refractivity contribution in [3.63, 3.8) is 0 Å². The van der Waals surface area contributed by atoms with E-state index in [1.54, 1.807) is 18.2 Å². The predicted octanol–water partition coefficient (Wildman–Crippen LogP) is 9.77. The minimum Gasteiger partial charge on any atom is -0.481 e. The number of nitrogens with zero attached hydrogens (tertiary/aromatic N) is 1. The van der Waals surface area contributed by atoms with Crippen molar-refractivity contribution in [2.75, 3.05) is 13.1 Å². The van der Waals surface area contributed by atoms with Crippen molar-refractivity contribution >= 4 is 5.97 Å². The monoisotopic (exact) mass is 587 g/mol. The number of benzene rings is 2. The Morgan fingerprint density at radius 2 is 1.51 bits per heavy atom. The molecule has 0 spiro atoms. The quantitative estimate of drug-likeness (QED) is 0.297. The maximum absolute atomic E-state index is 13.8. The first-order valence-corrected chi connectivity index (χ1v) is 14.4. The largest absolute Gasteiger partial charge is 0.481 e. The molecule has 0 aliphatic carbocycles. The van der Waals surface area contributed by atoms with Crippen LogP contribution in [0.5, 0.6) is 0 Å². The van der Waals surface area contributed by atoms with Gasteiger partial charge in [0.05, 0.1) is 11.5 Å². The highest BCUT2D eigenvalue weighted by Gasteiger charge is 2.46. The van der Waals surface area contributed by atoms with Gasteiger partial charge in [-0.25, -0.2) is 0 Å². The Labute approximate surface area is 239 Å². The molecule has 230 valence electrons. The van der Waals surface area contributed by atoms with Crippen molar-refractivity contribution in [1.29, 1.82) is 0 Å². The van der Waals surface area contributed by atoms with Crippen molar-refractivity contribution < 1.29 is 36.2 Å². The number of hydrogen-bond acceptors (Lipinski definition) is 2. The summed E-state index contributed by atoms with van der Waals surface area (Å²) in [7, 11) is 0. The Hall–Kier alpha value is -2.55. The van der Waals surface area contributed by atoms with Crippen molar-refractivity contribution in [3.05, 3.63) is 59.2 Å². The molecule has 3 nitrogen and oxygen atoms in total. The van der Waals surface area contributed by atoms with E-state index in [-0.39, 0.29) is 37.1 Å². The molecule has 3 atom stereocenters. The van der Waals surface area contributed by atoms with E-state index in [1.165, 1.54) is 17.0 Å². The Kier molecular flexibility index (Phi) is 12.3. The first-order chi connectivity index (χ1) is 19.1. The summed E-state index contributed by atoms with van der Waals surface area (Å²) in [6.45, 7) is 12.2. The molecule has 41 heavy (non-hydrogen) atoms. The van der Waals surface area contributed by atoms with Crippen LogP contribution in [-0.2, 0) is 11.0 Å². The van der Waals surface area contributed by atoms with Gasteiger partial charge in [-0.1, -0.05) is 71.9 Å². The zero-order valence-electron chi connectivity index (χ0n) is 24.7. The van der Waals surface area contributed by atoms with E-state index in [9.17, 15) is 36.2 Å². The van der Waals surface area contributed by atoms with E-state index in [1.807, 2.05) is 41.5 Å². The minimum absolute atomic E-state index is 0.0676. The molecule has 0 bridgehead atoms. The normalized spacial score (nSPS) is 19.2. The average molecular weight is 588 g/mol. The highest BCUT2D eigenvalue weighted by atomic mass is 19.4. The van der Waals surface area contributed by atoms with Crippen LogP contribution in [0.4, 0.5) is 26.3 Å². The molecule has 1 aliphatic rings. The van der Waals surface area contributed by atoms with E-state index in [0.29, 0.717) is 41.6 Å². The van der Waals surface area contributed by atoms with E-state index < -0.39 is 35.8 Å². The number of carbonyl (C=O) groups is 1. The molecule has 2 aromatic rings. The summed E-state index contributed by atoms with van der Waals surface area (Å²) < 4.78 is 80.9. The van der Waals surface area contributed by atoms with Gasteiger partial charge >= 0.3 is 18.3 Å². The Balaban J connectivity index is 0.00000287. The van der Waals surface area contributed by atoms with E-state index in [0.717, 1.165) is 12.1 Å². The first kappa shape index (κ1) is 34.7. The molecular weight excluding hydrogens is 544 g/mol. The van der Waals surface area contributed by atoms with Gasteiger partial charge in [0, 0.05) is 6.54 Å². The minimum atomic E-state index is -4.49. The van der Waals surface area contributed by atoms with Gasteiger partial charge < -0.3 is 5.11 Å². The zero-order chi connectivity index (χ0) is 31.1. The van der Waals surface area contributed by atoms with Crippen LogP contribution in [0.3, 0.4) is 0 Å². The van der Waals surface area contributed by atoms with Crippen LogP contribution in [0.2, 0.25) is 0 Å². The van der Waals surface area contributed by atoms with Gasteiger partial charge in [-0.15, -0.1) is 0 Å². The lowest BCUT2D eigenvalue weighted by molar-refractivity contribution is -0.192. The van der Waals surface area contributed by atoms with Crippen LogP contribution >= 0.6 is 0 Å². The third-order valence-electron chi connectivity index (χ3n) is 7.46. The van der Waals surface area contributed by atoms with Crippen LogP contribution in [0.1, 0.15) is 95.8 Å². The molecule has 1 aliphatic heterocycles. The maximum Gasteiger partial charge on any atom is 0.416 e. The number of hydrogen-bond donors (Lipinski definition) is 1. The van der Waals surface area contributed by atoms with E-state index in [2.05, 4.69) is 0 Å². The fourth-order valence-corrected chi connectivity index (χ4v) is 5.34. The second-order valence-corrected chi connectivity index (χ2v) is 11.5. The molecule has 0 saturated carbocycles. The van der Waals surface area contributed by atoms with Crippen LogP contribution in [0.15, 0.2) is 42.5 Å². The molecule has 1 saturated heterocycles. The standard InChI is InChI=1S/C30H37F6NO2.C2H6/c1-18(2)11-12-37-17-21(7-10-27(37)30(34,35)36)23-14-22(20-5-8-25(9-6-20)29(31,32)33)15-24(16-23)26(28(38)39)13-19(3)4;1-2/h5-6,8-9,14-16,18-19,21,26-27H,7,10-13,17H2,1-4H3,(H,38,39);1-2H3/t21-,26-,27-;/m1./s1. The van der Waals surface area contributed by atoms with Crippen LogP contribution in [-0.4, -0.2) is 41.3 Å². The van der Waals surface area contributed by atoms with Crippen LogP contribution in [0.25, 0.3) is 11.1 Å². The van der Waals surface area contributed by atoms with E-state index >= 15 is 0 Å². The van der Waals surface area contributed by atoms with Crippen molar-refractivity contribution in [2.24, 2.45) is 11.8 Å². The SMILES string of the molecule is CC.CC(C)CCN1C[C@H](c2cc(-c3ccc(C(F)(F)F)cc3)cc([C@@H](CC(C)C)C(=O)O)c2)CC[C@@H]1C(F)(F)F. The highest BCUT2D eigenvalue weighted by molar-refractivity contribution is 5.77. The molecule has 1 fully saturated rings. The lowest BCUT2D eigenvalue weighted by atomic mass is 9.81. The second kappa shape index (κ2) is 14.6. The molecule has 3 rings (SSSR count). The fourth-order valence-electron chi connectivity index (χ4n) is 5.34. The summed E-state index contributed by atoms with van der Waals surface area (Å²) in [6.07, 6.45) is -7.66. The fraction of sp³-hybridized carbons (Fsp3) is 0.594. The van der Waals surface area contributed by atoms with Gasteiger partial charge in [-0.3, -0.25) is 9.69 Å². The summed E-state index contributed by atoms with van der Waals surface area (Å²) in [5.74, 6) is -1.82. The van der Waals surface area contributed by atoms with Crippen molar-refractivity contribution in [1.82, 2.24) is 4.90 Å². The molecule has 2 aromatic carbocycles. The number of piperidine rings is 1. The number of rotatable bonds is 9. The molecule has 0 unspecified atom stereocenters. The molecule has 9 heteroatoms. The number of carboxylic acids is 1. The number of alkyl halides is 6. The van der Waals surface area contributed by atoms with Crippen LogP contribution < -0.4 is 0 Å². The molecule has 0 amide bonds. The summed E-state index contributed by atoms with van der Waals surface area (Å²) in [5.41, 5.74) is 1.47. The number of likely N-dealkylation sites (tertiary alicyclic amines) is 1. The predicted molar refractivity (Wildman–Crippen MR) is 151 cm³/mol. The summed E-state index contributed by atoms with van der Waals surface area (Å²) in [5, 5.41) is 9.99. The first-order valence-electron chi connectivity index (χ1n) is 14.4. The van der Waals surface area contributed by atoms with Gasteiger partial charge in [-0.2, -0.15) is 26.3 Å². The van der Waals surface area contributed by atoms with Crippen LogP contribution in [0, 0.1) is 11.8 Å². The lowest BCUT2D eigenvalue weighted by Crippen LogP contribution is -2.51. The third kappa shape index (κ3) is 9.76. The number of aliphatic carboxylic acids is 1. The molecule has 1 N–H and O–H groups in total. The average Bonchev–Trinajstić information content (AvgIpc) is 2.90. The van der Waals surface area contributed by atoms with Gasteiger partial charge in [0.2, 0.25) is 0 Å². The smallest absolute Gasteiger partial charge is 0.416 e. The highest BCUT2D eigenvalue weighted by Crippen LogP contribution is 2.40. The molecular formula is C32H43F6NO2. The topological polar surface area (TPSA) is 40.5 Å². The Morgan fingerprint density at radius 1 is 0.902 bits per heavy atom. The summed E-state index contributed by atoms with van der Waals surface area (Å²) in [6, 6.07) is 8.37. The number of halogens is 6. The lowest BCUT2D eigenvalue weighted by Gasteiger charge is -2.41. The van der Waals surface area contributed by atoms with E-state index in [4.69, 9.17) is 0 Å². The van der Waals surface area contributed by atoms with Crippen molar-refractivity contribution in [2.45, 2.75) is 97.5 Å². The summed E-state index contributed by atoms with van der Waals surface area (Å²) >= 11 is 0. The van der Waals surface area contributed by atoms with Gasteiger partial charge in [0.25, 0.3) is 0 Å². The molecule has 0 radical (unpaired) electrons. The summed E-state index contributed by atoms with van der Waals surface area (Å²) in [4.78, 5) is 13.7.